The van der Waals surface area contributed by atoms with Gasteiger partial charge in [0, 0.05) is 17.1 Å². The highest BCUT2D eigenvalue weighted by molar-refractivity contribution is 6.08. The summed E-state index contributed by atoms with van der Waals surface area (Å²) >= 11 is 0. The minimum absolute atomic E-state index is 0.568. The first-order valence-corrected chi connectivity index (χ1v) is 3.34. The number of carbonyl (C=O) groups excluding carboxylic acids is 1. The number of nitrogens with zero attached hydrogens (tertiary/aromatic N) is 2. The zero-order valence-electron chi connectivity index (χ0n) is 6.49. The normalized spacial score (nSPS) is 22.1. The molecule has 1 unspecified atom stereocenters. The van der Waals surface area contributed by atoms with E-state index in [0.29, 0.717) is 12.2 Å². The Morgan fingerprint density at radius 3 is 2.50 bits per heavy atom. The molecule has 1 heterocycles. The topological polar surface area (TPSA) is 72.6 Å². The van der Waals surface area contributed by atoms with Crippen LogP contribution in [0, 0.1) is 10.1 Å². The van der Waals surface area contributed by atoms with E-state index in [4.69, 9.17) is 0 Å². The number of dihydropyridines is 1. The van der Waals surface area contributed by atoms with Crippen molar-refractivity contribution in [3.63, 3.8) is 0 Å². The maximum Gasteiger partial charge on any atom is 0.436 e. The van der Waals surface area contributed by atoms with Gasteiger partial charge < -0.3 is 0 Å². The highest BCUT2D eigenvalue weighted by Gasteiger charge is 2.47. The molecule has 14 heavy (non-hydrogen) atoms. The largest absolute Gasteiger partial charge is 0.436 e. The van der Waals surface area contributed by atoms with E-state index in [-0.39, 0.29) is 0 Å². The number of rotatable bonds is 1. The minimum Gasteiger partial charge on any atom is -0.267 e. The summed E-state index contributed by atoms with van der Waals surface area (Å²) in [5.74, 6) is -1.14. The Morgan fingerprint density at radius 1 is 1.50 bits per heavy atom. The summed E-state index contributed by atoms with van der Waals surface area (Å²) in [6.07, 6.45) is -3.75. The molecule has 0 aliphatic carbocycles. The Bertz CT molecular complexity index is 345. The monoisotopic (exact) mass is 208 g/mol. The lowest BCUT2D eigenvalue weighted by Crippen LogP contribution is -2.40. The maximum atomic E-state index is 12.1. The number of alkyl halides is 3. The van der Waals surface area contributed by atoms with Crippen molar-refractivity contribution in [3.8, 4) is 0 Å². The second-order valence-corrected chi connectivity index (χ2v) is 2.42. The maximum absolute atomic E-state index is 12.1. The van der Waals surface area contributed by atoms with Gasteiger partial charge in [-0.25, -0.2) is 4.99 Å². The van der Waals surface area contributed by atoms with Crippen molar-refractivity contribution in [2.24, 2.45) is 4.99 Å². The van der Waals surface area contributed by atoms with Gasteiger partial charge in [-0.05, 0) is 0 Å². The standard InChI is InChI=1S/C6H3F3N2O3/c7-6(8,9)5-3(11(13)14)1-2-4(12)10-5/h1-3H. The Kier molecular flexibility index (Phi) is 2.37. The van der Waals surface area contributed by atoms with Crippen LogP contribution in [0.5, 0.6) is 0 Å². The average Bonchev–Trinajstić information content (AvgIpc) is 2.01. The molecule has 1 aliphatic heterocycles. The van der Waals surface area contributed by atoms with Gasteiger partial charge in [-0.3, -0.25) is 14.9 Å². The summed E-state index contributed by atoms with van der Waals surface area (Å²) in [5, 5.41) is 10.2. The van der Waals surface area contributed by atoms with Gasteiger partial charge in [0.1, 0.15) is 0 Å². The molecule has 1 amide bonds. The van der Waals surface area contributed by atoms with Gasteiger partial charge in [0.05, 0.1) is 0 Å². The van der Waals surface area contributed by atoms with Crippen molar-refractivity contribution in [2.75, 3.05) is 0 Å². The van der Waals surface area contributed by atoms with Crippen LogP contribution < -0.4 is 0 Å². The molecule has 0 spiro atoms. The van der Waals surface area contributed by atoms with Crippen LogP contribution in [0.4, 0.5) is 13.2 Å². The first-order chi connectivity index (χ1) is 6.32. The van der Waals surface area contributed by atoms with Gasteiger partial charge in [-0.15, -0.1) is 0 Å². The molecule has 0 saturated heterocycles. The van der Waals surface area contributed by atoms with Gasteiger partial charge >= 0.3 is 6.18 Å². The highest BCUT2D eigenvalue weighted by atomic mass is 19.4. The van der Waals surface area contributed by atoms with Crippen LogP contribution in [0.25, 0.3) is 0 Å². The van der Waals surface area contributed by atoms with Gasteiger partial charge in [0.25, 0.3) is 11.9 Å². The fourth-order valence-corrected chi connectivity index (χ4v) is 0.888. The molecule has 0 radical (unpaired) electrons. The Labute approximate surface area is 75.1 Å². The highest BCUT2D eigenvalue weighted by Crippen LogP contribution is 2.23. The predicted molar refractivity (Wildman–Crippen MR) is 38.4 cm³/mol. The fourth-order valence-electron chi connectivity index (χ4n) is 0.888. The predicted octanol–water partition coefficient (Wildman–Crippen LogP) is 0.731. The molecule has 8 heteroatoms. The summed E-state index contributed by atoms with van der Waals surface area (Å²) in [4.78, 5) is 22.1. The van der Waals surface area contributed by atoms with Crippen LogP contribution in [0.3, 0.4) is 0 Å². The lowest BCUT2D eigenvalue weighted by Gasteiger charge is -2.13. The molecule has 0 aromatic heterocycles. The molecular formula is C6H3F3N2O3. The van der Waals surface area contributed by atoms with Crippen LogP contribution in [0.1, 0.15) is 0 Å². The third-order valence-corrected chi connectivity index (χ3v) is 1.45. The molecule has 1 aliphatic rings. The summed E-state index contributed by atoms with van der Waals surface area (Å²) in [7, 11) is 0. The van der Waals surface area contributed by atoms with E-state index in [9.17, 15) is 28.1 Å². The summed E-state index contributed by atoms with van der Waals surface area (Å²) in [6, 6.07) is -2.09. The van der Waals surface area contributed by atoms with Gasteiger partial charge in [0.15, 0.2) is 0 Å². The summed E-state index contributed by atoms with van der Waals surface area (Å²) < 4.78 is 36.3. The van der Waals surface area contributed by atoms with Crippen LogP contribution in [-0.2, 0) is 4.79 Å². The van der Waals surface area contributed by atoms with Crippen LogP contribution in [0.15, 0.2) is 17.1 Å². The Morgan fingerprint density at radius 2 is 2.07 bits per heavy atom. The lowest BCUT2D eigenvalue weighted by molar-refractivity contribution is -0.492. The number of carbonyl (C=O) groups is 1. The number of amides is 1. The van der Waals surface area contributed by atoms with E-state index in [1.807, 2.05) is 0 Å². The van der Waals surface area contributed by atoms with Crippen LogP contribution >= 0.6 is 0 Å². The lowest BCUT2D eigenvalue weighted by atomic mass is 10.1. The molecule has 0 N–H and O–H groups in total. The third kappa shape index (κ3) is 1.95. The van der Waals surface area contributed by atoms with Gasteiger partial charge in [-0.1, -0.05) is 0 Å². The number of hydrogen-bond acceptors (Lipinski definition) is 3. The Hall–Kier alpha value is -1.73. The Balaban J connectivity index is 3.10. The zero-order chi connectivity index (χ0) is 10.9. The van der Waals surface area contributed by atoms with Crippen molar-refractivity contribution in [1.82, 2.24) is 0 Å². The molecule has 0 saturated carbocycles. The van der Waals surface area contributed by atoms with E-state index in [1.54, 1.807) is 0 Å². The second-order valence-electron chi connectivity index (χ2n) is 2.42. The number of halogens is 3. The molecule has 5 nitrogen and oxygen atoms in total. The van der Waals surface area contributed by atoms with E-state index in [1.165, 1.54) is 0 Å². The van der Waals surface area contributed by atoms with Crippen molar-refractivity contribution in [2.45, 2.75) is 12.2 Å². The van der Waals surface area contributed by atoms with E-state index in [2.05, 4.69) is 4.99 Å². The molecular weight excluding hydrogens is 205 g/mol. The van der Waals surface area contributed by atoms with Crippen molar-refractivity contribution in [3.05, 3.63) is 22.3 Å². The minimum atomic E-state index is -4.96. The third-order valence-electron chi connectivity index (χ3n) is 1.45. The molecule has 1 atom stereocenters. The van der Waals surface area contributed by atoms with E-state index in [0.717, 1.165) is 0 Å². The smallest absolute Gasteiger partial charge is 0.267 e. The molecule has 0 aromatic carbocycles. The molecule has 0 aromatic rings. The zero-order valence-corrected chi connectivity index (χ0v) is 6.49. The van der Waals surface area contributed by atoms with E-state index < -0.39 is 28.8 Å². The van der Waals surface area contributed by atoms with Gasteiger partial charge in [0.2, 0.25) is 5.71 Å². The quantitative estimate of drug-likeness (QED) is 0.471. The van der Waals surface area contributed by atoms with E-state index >= 15 is 0 Å². The van der Waals surface area contributed by atoms with Crippen molar-refractivity contribution < 1.29 is 22.9 Å². The van der Waals surface area contributed by atoms with Gasteiger partial charge in [-0.2, -0.15) is 13.2 Å². The molecule has 76 valence electrons. The summed E-state index contributed by atoms with van der Waals surface area (Å²) in [6.45, 7) is 0. The number of nitro groups is 1. The van der Waals surface area contributed by atoms with Crippen molar-refractivity contribution >= 4 is 11.6 Å². The summed E-state index contributed by atoms with van der Waals surface area (Å²) in [5.41, 5.74) is -1.69. The van der Waals surface area contributed by atoms with Crippen molar-refractivity contribution in [1.29, 1.82) is 0 Å². The first-order valence-electron chi connectivity index (χ1n) is 3.34. The van der Waals surface area contributed by atoms with Crippen LogP contribution in [0.2, 0.25) is 0 Å². The molecule has 1 rings (SSSR count). The fraction of sp³-hybridized carbons (Fsp3) is 0.333. The second kappa shape index (κ2) is 3.20. The molecule has 0 fully saturated rings. The number of hydrogen-bond donors (Lipinski definition) is 0. The molecule has 0 bridgehead atoms. The SMILES string of the molecule is O=C1C=CC([N+](=O)[O-])C(C(F)(F)F)=N1. The van der Waals surface area contributed by atoms with Crippen LogP contribution in [-0.4, -0.2) is 28.8 Å². The number of aliphatic imine (C=N–C) groups is 1. The first kappa shape index (κ1) is 10.4. The average molecular weight is 208 g/mol.